The summed E-state index contributed by atoms with van der Waals surface area (Å²) in [5.74, 6) is -3.29. The molecule has 0 aliphatic rings. The van der Waals surface area contributed by atoms with Crippen LogP contribution in [0.2, 0.25) is 5.02 Å². The molecule has 1 amide bonds. The Labute approximate surface area is 187 Å². The molecule has 170 valence electrons. The van der Waals surface area contributed by atoms with Gasteiger partial charge in [-0.05, 0) is 17.7 Å². The van der Waals surface area contributed by atoms with Crippen LogP contribution in [0, 0.1) is 0 Å². The lowest BCUT2D eigenvalue weighted by Gasteiger charge is -2.26. The summed E-state index contributed by atoms with van der Waals surface area (Å²) in [6, 6.07) is 12.7. The van der Waals surface area contributed by atoms with Crippen LogP contribution in [0.1, 0.15) is 0 Å². The van der Waals surface area contributed by atoms with Crippen molar-refractivity contribution in [3.63, 3.8) is 0 Å². The molecule has 1 heterocycles. The van der Waals surface area contributed by atoms with Crippen molar-refractivity contribution >= 4 is 27.3 Å². The number of aromatic nitrogens is 2. The molecule has 1 atom stereocenters. The number of aliphatic hydroxyl groups is 1. The molecule has 2 aromatic carbocycles. The molecular formula is C20H20ClN3O7S. The Morgan fingerprint density at radius 3 is 2.41 bits per heavy atom. The number of carbonyl (C=O) groups excluding carboxylic acids is 1. The number of halogens is 1. The highest BCUT2D eigenvalue weighted by Crippen LogP contribution is 2.32. The molecule has 12 heteroatoms. The van der Waals surface area contributed by atoms with E-state index in [1.54, 1.807) is 30.3 Å². The van der Waals surface area contributed by atoms with Crippen LogP contribution in [0.15, 0.2) is 64.4 Å². The number of hydrogen-bond acceptors (Lipinski definition) is 7. The molecule has 1 aromatic heterocycles. The van der Waals surface area contributed by atoms with E-state index in [9.17, 15) is 28.2 Å². The highest BCUT2D eigenvalue weighted by molar-refractivity contribution is 7.91. The van der Waals surface area contributed by atoms with Crippen molar-refractivity contribution < 1.29 is 28.6 Å². The maximum atomic E-state index is 13.3. The number of aromatic hydroxyl groups is 1. The average molecular weight is 482 g/mol. The molecule has 0 bridgehead atoms. The van der Waals surface area contributed by atoms with Gasteiger partial charge in [-0.3, -0.25) is 19.1 Å². The van der Waals surface area contributed by atoms with Crippen LogP contribution in [0.4, 0.5) is 0 Å². The van der Waals surface area contributed by atoms with Crippen LogP contribution in [-0.4, -0.2) is 50.2 Å². The van der Waals surface area contributed by atoms with Crippen molar-refractivity contribution in [2.75, 3.05) is 5.75 Å². The first kappa shape index (κ1) is 23.5. The van der Waals surface area contributed by atoms with Crippen molar-refractivity contribution in [2.45, 2.75) is 17.0 Å². The second-order valence-corrected chi connectivity index (χ2v) is 9.60. The van der Waals surface area contributed by atoms with Gasteiger partial charge in [0.25, 0.3) is 5.91 Å². The smallest absolute Gasteiger partial charge is 0.330 e. The van der Waals surface area contributed by atoms with Gasteiger partial charge in [-0.1, -0.05) is 48.0 Å². The second-order valence-electron chi connectivity index (χ2n) is 7.21. The fourth-order valence-corrected chi connectivity index (χ4v) is 5.36. The zero-order valence-electron chi connectivity index (χ0n) is 16.8. The maximum absolute atomic E-state index is 13.3. The zero-order chi connectivity index (χ0) is 23.7. The summed E-state index contributed by atoms with van der Waals surface area (Å²) in [5, 5.41) is 30.1. The van der Waals surface area contributed by atoms with E-state index < -0.39 is 45.2 Å². The first-order chi connectivity index (χ1) is 15.0. The lowest BCUT2D eigenvalue weighted by atomic mass is 10.1. The summed E-state index contributed by atoms with van der Waals surface area (Å²) in [4.78, 5) is 24.2. The number of amides is 1. The van der Waals surface area contributed by atoms with Gasteiger partial charge >= 0.3 is 5.69 Å². The number of nitrogens with zero attached hydrogens (tertiary/aromatic N) is 2. The molecule has 32 heavy (non-hydrogen) atoms. The largest absolute Gasteiger partial charge is 0.493 e. The van der Waals surface area contributed by atoms with Crippen molar-refractivity contribution in [3.8, 4) is 17.0 Å². The van der Waals surface area contributed by atoms with Crippen LogP contribution < -0.4 is 11.2 Å². The Kier molecular flexibility index (Phi) is 6.46. The quantitative estimate of drug-likeness (QED) is 0.289. The Hall–Kier alpha value is -3.12. The van der Waals surface area contributed by atoms with Crippen molar-refractivity contribution in [2.24, 2.45) is 7.05 Å². The van der Waals surface area contributed by atoms with Gasteiger partial charge in [-0.15, -0.1) is 0 Å². The highest BCUT2D eigenvalue weighted by atomic mass is 35.5. The number of benzene rings is 2. The number of hydroxylamine groups is 1. The van der Waals surface area contributed by atoms with E-state index in [4.69, 9.17) is 16.8 Å². The average Bonchev–Trinajstić information content (AvgIpc) is 2.99. The molecule has 0 saturated carbocycles. The molecule has 3 rings (SSSR count). The summed E-state index contributed by atoms with van der Waals surface area (Å²) < 4.78 is 28.3. The van der Waals surface area contributed by atoms with Gasteiger partial charge in [-0.2, -0.15) is 0 Å². The Morgan fingerprint density at radius 1 is 1.19 bits per heavy atom. The Morgan fingerprint density at radius 2 is 1.84 bits per heavy atom. The van der Waals surface area contributed by atoms with E-state index in [0.29, 0.717) is 10.1 Å². The highest BCUT2D eigenvalue weighted by Gasteiger charge is 2.43. The van der Waals surface area contributed by atoms with Crippen LogP contribution >= 0.6 is 11.6 Å². The number of imidazole rings is 1. The van der Waals surface area contributed by atoms with E-state index in [0.717, 1.165) is 10.8 Å². The van der Waals surface area contributed by atoms with Gasteiger partial charge in [0.1, 0.15) is 0 Å². The Bertz CT molecular complexity index is 1320. The second kappa shape index (κ2) is 8.79. The standard InChI is InChI=1S/C20H20ClN3O7S/c1-23-10-17(25)24(19(23)27)11-20(28,18(26)22-29)12-32(30,31)16-9-14(21)7-8-15(16)13-5-3-2-4-6-13/h2-10,25,28-29H,11-12H2,1H3,(H,22,26). The van der Waals surface area contributed by atoms with E-state index in [1.807, 2.05) is 0 Å². The SMILES string of the molecule is Cn1cc(O)n(CC(O)(CS(=O)(=O)c2cc(Cl)ccc2-c2ccccc2)C(=O)NO)c1=O. The first-order valence-corrected chi connectivity index (χ1v) is 11.2. The van der Waals surface area contributed by atoms with Gasteiger partial charge in [-0.25, -0.2) is 18.7 Å². The molecule has 0 radical (unpaired) electrons. The summed E-state index contributed by atoms with van der Waals surface area (Å²) in [6.45, 7) is -0.939. The molecule has 1 unspecified atom stereocenters. The van der Waals surface area contributed by atoms with Crippen molar-refractivity contribution in [3.05, 3.63) is 70.2 Å². The molecule has 3 aromatic rings. The third kappa shape index (κ3) is 4.55. The van der Waals surface area contributed by atoms with Gasteiger partial charge in [0.15, 0.2) is 15.4 Å². The van der Waals surface area contributed by atoms with Crippen molar-refractivity contribution in [1.29, 1.82) is 0 Å². The lowest BCUT2D eigenvalue weighted by Crippen LogP contribution is -2.54. The van der Waals surface area contributed by atoms with E-state index in [-0.39, 0.29) is 15.5 Å². The molecule has 0 saturated heterocycles. The number of rotatable bonds is 7. The fraction of sp³-hybridized carbons (Fsp3) is 0.200. The molecule has 0 spiro atoms. The maximum Gasteiger partial charge on any atom is 0.330 e. The van der Waals surface area contributed by atoms with Crippen LogP contribution in [0.5, 0.6) is 5.88 Å². The minimum absolute atomic E-state index is 0.107. The predicted octanol–water partition coefficient (Wildman–Crippen LogP) is 0.923. The van der Waals surface area contributed by atoms with Gasteiger partial charge in [0.05, 0.1) is 23.4 Å². The normalized spacial score (nSPS) is 13.5. The van der Waals surface area contributed by atoms with E-state index in [1.165, 1.54) is 30.7 Å². The van der Waals surface area contributed by atoms with Crippen molar-refractivity contribution in [1.82, 2.24) is 14.6 Å². The molecule has 0 fully saturated rings. The summed E-state index contributed by atoms with van der Waals surface area (Å²) >= 11 is 6.02. The number of sulfone groups is 1. The topological polar surface area (TPSA) is 151 Å². The number of hydrogen-bond donors (Lipinski definition) is 4. The monoisotopic (exact) mass is 481 g/mol. The van der Waals surface area contributed by atoms with Crippen LogP contribution in [-0.2, 0) is 28.2 Å². The molecule has 4 N–H and O–H groups in total. The minimum atomic E-state index is -4.42. The van der Waals surface area contributed by atoms with Crippen LogP contribution in [0.3, 0.4) is 0 Å². The minimum Gasteiger partial charge on any atom is -0.493 e. The van der Waals surface area contributed by atoms with E-state index in [2.05, 4.69) is 0 Å². The zero-order valence-corrected chi connectivity index (χ0v) is 18.3. The first-order valence-electron chi connectivity index (χ1n) is 9.18. The van der Waals surface area contributed by atoms with Gasteiger partial charge < -0.3 is 10.2 Å². The Balaban J connectivity index is 2.10. The van der Waals surface area contributed by atoms with E-state index >= 15 is 0 Å². The molecule has 10 nitrogen and oxygen atoms in total. The number of aryl methyl sites for hydroxylation is 1. The molecule has 0 aliphatic heterocycles. The predicted molar refractivity (Wildman–Crippen MR) is 115 cm³/mol. The fourth-order valence-electron chi connectivity index (χ4n) is 3.29. The third-order valence-electron chi connectivity index (χ3n) is 4.85. The molecular weight excluding hydrogens is 462 g/mol. The summed E-state index contributed by atoms with van der Waals surface area (Å²) in [7, 11) is -3.11. The van der Waals surface area contributed by atoms with Gasteiger partial charge in [0.2, 0.25) is 5.88 Å². The lowest BCUT2D eigenvalue weighted by molar-refractivity contribution is -0.148. The van der Waals surface area contributed by atoms with Crippen LogP contribution in [0.25, 0.3) is 11.1 Å². The number of carbonyl (C=O) groups is 1. The number of nitrogens with one attached hydrogen (secondary N) is 1. The van der Waals surface area contributed by atoms with Gasteiger partial charge in [0, 0.05) is 17.6 Å². The third-order valence-corrected chi connectivity index (χ3v) is 6.96. The summed E-state index contributed by atoms with van der Waals surface area (Å²) in [6.07, 6.45) is 1.03. The summed E-state index contributed by atoms with van der Waals surface area (Å²) in [5.41, 5.74) is -1.57. The molecule has 0 aliphatic carbocycles.